The van der Waals surface area contributed by atoms with Crippen LogP contribution in [-0.2, 0) is 14.3 Å². The van der Waals surface area contributed by atoms with E-state index in [-0.39, 0.29) is 50.7 Å². The summed E-state index contributed by atoms with van der Waals surface area (Å²) >= 11 is 0. The van der Waals surface area contributed by atoms with E-state index < -0.39 is 5.97 Å². The van der Waals surface area contributed by atoms with Gasteiger partial charge in [0.05, 0.1) is 37.9 Å². The number of ether oxygens (including phenoxy) is 2. The van der Waals surface area contributed by atoms with Gasteiger partial charge in [0.1, 0.15) is 12.7 Å². The third-order valence-corrected chi connectivity index (χ3v) is 16.7. The SMILES string of the molecule is CNC1(CO[C@H]2[C@H](n3cncn3)C[C@@]34COC[C@]2(C)[C@@H]3CC[C@H]2C4=CC[C@@]3(C)[C@H](C(=O)O)[C@@](C)([C@H](C)C(C)C)CC[C@]23C)CCCCC1. The summed E-state index contributed by atoms with van der Waals surface area (Å²) in [6.45, 7) is 18.5. The molecule has 8 heteroatoms. The third-order valence-electron chi connectivity index (χ3n) is 16.7. The van der Waals surface area contributed by atoms with Crippen molar-refractivity contribution < 1.29 is 19.4 Å². The van der Waals surface area contributed by atoms with Crippen LogP contribution < -0.4 is 5.32 Å². The zero-order valence-corrected chi connectivity index (χ0v) is 31.2. The van der Waals surface area contributed by atoms with E-state index in [0.717, 1.165) is 58.0 Å². The van der Waals surface area contributed by atoms with Crippen LogP contribution >= 0.6 is 0 Å². The number of aromatic nitrogens is 3. The summed E-state index contributed by atoms with van der Waals surface area (Å²) in [7, 11) is 2.11. The maximum absolute atomic E-state index is 13.5. The fraction of sp³-hybridized carbons (Fsp3) is 0.875. The zero-order valence-electron chi connectivity index (χ0n) is 31.2. The molecule has 48 heavy (non-hydrogen) atoms. The molecule has 1 saturated heterocycles. The molecule has 2 bridgehead atoms. The Balaban J connectivity index is 1.28. The van der Waals surface area contributed by atoms with Gasteiger partial charge in [-0.25, -0.2) is 9.67 Å². The molecule has 0 spiro atoms. The second kappa shape index (κ2) is 11.9. The van der Waals surface area contributed by atoms with E-state index in [0.29, 0.717) is 36.9 Å². The van der Waals surface area contributed by atoms with Gasteiger partial charge in [-0.3, -0.25) is 4.79 Å². The van der Waals surface area contributed by atoms with Crippen molar-refractivity contribution >= 4 is 5.97 Å². The molecule has 0 radical (unpaired) electrons. The lowest BCUT2D eigenvalue weighted by atomic mass is 9.34. The molecular formula is C40H64N4O4. The Morgan fingerprint density at radius 3 is 2.46 bits per heavy atom. The van der Waals surface area contributed by atoms with Gasteiger partial charge in [-0.2, -0.15) is 5.10 Å². The highest BCUT2D eigenvalue weighted by atomic mass is 16.5. The first-order valence-electron chi connectivity index (χ1n) is 19.4. The number of carboxylic acid groups (broad SMARTS) is 1. The average molecular weight is 665 g/mol. The minimum absolute atomic E-state index is 0.0252. The molecule has 5 aliphatic carbocycles. The van der Waals surface area contributed by atoms with Crippen molar-refractivity contribution in [2.75, 3.05) is 26.9 Å². The van der Waals surface area contributed by atoms with Gasteiger partial charge in [-0.1, -0.05) is 79.4 Å². The highest BCUT2D eigenvalue weighted by Gasteiger charge is 2.72. The molecule has 0 amide bonds. The molecule has 2 N–H and O–H groups in total. The monoisotopic (exact) mass is 664 g/mol. The van der Waals surface area contributed by atoms with Crippen LogP contribution in [0.25, 0.3) is 0 Å². The van der Waals surface area contributed by atoms with Crippen LogP contribution in [0.2, 0.25) is 0 Å². The van der Waals surface area contributed by atoms with Crippen molar-refractivity contribution in [3.05, 3.63) is 24.3 Å². The van der Waals surface area contributed by atoms with Crippen molar-refractivity contribution in [2.24, 2.45) is 56.7 Å². The van der Waals surface area contributed by atoms with Crippen molar-refractivity contribution in [3.8, 4) is 0 Å². The minimum Gasteiger partial charge on any atom is -0.481 e. The Morgan fingerprint density at radius 1 is 1.06 bits per heavy atom. The van der Waals surface area contributed by atoms with Gasteiger partial charge in [-0.05, 0) is 98.3 Å². The van der Waals surface area contributed by atoms with Crippen LogP contribution in [-0.4, -0.2) is 64.4 Å². The second-order valence-corrected chi connectivity index (χ2v) is 18.8. The van der Waals surface area contributed by atoms with E-state index in [2.05, 4.69) is 76.6 Å². The molecule has 1 aromatic rings. The zero-order chi connectivity index (χ0) is 34.3. The first-order chi connectivity index (χ1) is 22.7. The molecular weight excluding hydrogens is 600 g/mol. The van der Waals surface area contributed by atoms with Crippen molar-refractivity contribution in [3.63, 3.8) is 0 Å². The number of allylic oxidation sites excluding steroid dienone is 1. The summed E-state index contributed by atoms with van der Waals surface area (Å²) < 4.78 is 16.1. The second-order valence-electron chi connectivity index (χ2n) is 18.8. The Hall–Kier alpha value is -1.77. The van der Waals surface area contributed by atoms with Crippen molar-refractivity contribution in [1.29, 1.82) is 0 Å². The van der Waals surface area contributed by atoms with Gasteiger partial charge in [0, 0.05) is 16.4 Å². The third kappa shape index (κ3) is 4.73. The number of aliphatic carboxylic acids is 1. The standard InChI is InChI=1S/C40H64N4O4/c1-26(2)27(3)35(4)18-19-37(6)28-12-13-31-36(5)21-47-23-40(31,29(28)14-17-38(37,7)32(35)34(45)46)20-30(44-25-42-24-43-44)33(36)48-22-39(41-8)15-10-9-11-16-39/h14,24-28,30-33,41H,9-13,15-23H2,1-8H3,(H,45,46)/t27-,28+,30-,31+,32-,33+,35-,36-,37-,38+,40+/m1/s1. The highest BCUT2D eigenvalue weighted by molar-refractivity contribution is 5.73. The quantitative estimate of drug-likeness (QED) is 0.275. The van der Waals surface area contributed by atoms with Crippen LogP contribution in [0.1, 0.15) is 125 Å². The fourth-order valence-corrected chi connectivity index (χ4v) is 13.5. The number of fused-ring (bicyclic) bond motifs is 3. The molecule has 6 aliphatic rings. The van der Waals surface area contributed by atoms with E-state index in [1.807, 2.05) is 6.33 Å². The Morgan fingerprint density at radius 2 is 1.81 bits per heavy atom. The first kappa shape index (κ1) is 34.7. The Labute approximate surface area is 289 Å². The number of likely N-dealkylation sites (N-methyl/N-ethyl adjacent to an activating group) is 1. The summed E-state index contributed by atoms with van der Waals surface area (Å²) in [5.41, 5.74) is 0.643. The highest BCUT2D eigenvalue weighted by Crippen LogP contribution is 2.75. The molecule has 5 fully saturated rings. The van der Waals surface area contributed by atoms with Crippen LogP contribution in [0.3, 0.4) is 0 Å². The molecule has 8 nitrogen and oxygen atoms in total. The van der Waals surface area contributed by atoms with E-state index in [4.69, 9.17) is 14.6 Å². The smallest absolute Gasteiger partial charge is 0.307 e. The number of rotatable bonds is 8. The van der Waals surface area contributed by atoms with Gasteiger partial charge in [0.2, 0.25) is 0 Å². The average Bonchev–Trinajstić information content (AvgIpc) is 3.59. The summed E-state index contributed by atoms with van der Waals surface area (Å²) in [6, 6.07) is 0.0595. The Kier molecular flexibility index (Phi) is 8.59. The number of nitrogens with one attached hydrogen (secondary N) is 1. The van der Waals surface area contributed by atoms with Gasteiger partial charge in [0.25, 0.3) is 0 Å². The predicted octanol–water partition coefficient (Wildman–Crippen LogP) is 7.72. The molecule has 1 aromatic heterocycles. The number of hydrogen-bond acceptors (Lipinski definition) is 6. The maximum Gasteiger partial charge on any atom is 0.307 e. The van der Waals surface area contributed by atoms with Crippen LogP contribution in [0.4, 0.5) is 0 Å². The summed E-state index contributed by atoms with van der Waals surface area (Å²) in [5, 5.41) is 19.5. The summed E-state index contributed by atoms with van der Waals surface area (Å²) in [5.74, 6) is 0.591. The first-order valence-corrected chi connectivity index (χ1v) is 19.4. The van der Waals surface area contributed by atoms with Crippen molar-refractivity contribution in [1.82, 2.24) is 20.1 Å². The van der Waals surface area contributed by atoms with Gasteiger partial charge < -0.3 is 19.9 Å². The molecule has 11 atom stereocenters. The van der Waals surface area contributed by atoms with E-state index in [1.54, 1.807) is 11.9 Å². The van der Waals surface area contributed by atoms with Gasteiger partial charge >= 0.3 is 5.97 Å². The van der Waals surface area contributed by atoms with Crippen LogP contribution in [0, 0.1) is 56.7 Å². The normalized spacial score (nSPS) is 45.8. The molecule has 0 unspecified atom stereocenters. The molecule has 4 saturated carbocycles. The molecule has 1 aliphatic heterocycles. The number of hydrogen-bond donors (Lipinski definition) is 2. The molecule has 0 aromatic carbocycles. The van der Waals surface area contributed by atoms with Crippen LogP contribution in [0.5, 0.6) is 0 Å². The topological polar surface area (TPSA) is 98.5 Å². The number of carbonyl (C=O) groups is 1. The molecule has 2 heterocycles. The number of carboxylic acids is 1. The van der Waals surface area contributed by atoms with Crippen molar-refractivity contribution in [2.45, 2.75) is 137 Å². The molecule has 7 rings (SSSR count). The van der Waals surface area contributed by atoms with E-state index in [1.165, 1.54) is 19.3 Å². The van der Waals surface area contributed by atoms with E-state index in [9.17, 15) is 9.90 Å². The largest absolute Gasteiger partial charge is 0.481 e. The molecule has 268 valence electrons. The fourth-order valence-electron chi connectivity index (χ4n) is 13.5. The predicted molar refractivity (Wildman–Crippen MR) is 187 cm³/mol. The van der Waals surface area contributed by atoms with Crippen LogP contribution in [0.15, 0.2) is 24.3 Å². The minimum atomic E-state index is -0.600. The number of nitrogens with zero attached hydrogens (tertiary/aromatic N) is 3. The lowest BCUT2D eigenvalue weighted by Crippen LogP contribution is -2.69. The Bertz CT molecular complexity index is 1390. The maximum atomic E-state index is 13.5. The van der Waals surface area contributed by atoms with E-state index >= 15 is 0 Å². The van der Waals surface area contributed by atoms with Gasteiger partial charge in [-0.15, -0.1) is 0 Å². The lowest BCUT2D eigenvalue weighted by molar-refractivity contribution is -0.253. The lowest BCUT2D eigenvalue weighted by Gasteiger charge is -2.71. The summed E-state index contributed by atoms with van der Waals surface area (Å²) in [4.78, 5) is 17.9. The summed E-state index contributed by atoms with van der Waals surface area (Å²) in [6.07, 6.45) is 18.2. The van der Waals surface area contributed by atoms with Gasteiger partial charge in [0.15, 0.2) is 0 Å².